The summed E-state index contributed by atoms with van der Waals surface area (Å²) in [7, 11) is 0. The Morgan fingerprint density at radius 2 is 1.27 bits per heavy atom. The molecule has 2 rings (SSSR count). The maximum Gasteiger partial charge on any atom is 0.435 e. The lowest BCUT2D eigenvalue weighted by molar-refractivity contribution is -0.348. The van der Waals surface area contributed by atoms with E-state index in [4.69, 9.17) is 0 Å². The summed E-state index contributed by atoms with van der Waals surface area (Å²) in [5.74, 6) is 0. The number of benzene rings is 1. The van der Waals surface area contributed by atoms with Gasteiger partial charge in [-0.3, -0.25) is 4.98 Å². The molecule has 0 saturated carbocycles. The van der Waals surface area contributed by atoms with Crippen molar-refractivity contribution < 1.29 is 30.7 Å². The van der Waals surface area contributed by atoms with Crippen molar-refractivity contribution in [3.63, 3.8) is 0 Å². The van der Waals surface area contributed by atoms with Crippen molar-refractivity contribution >= 4 is 0 Å². The number of hydrogen-bond donors (Lipinski definition) is 0. The number of alkyl halides is 7. The van der Waals surface area contributed by atoms with Crippen molar-refractivity contribution in [3.05, 3.63) is 54.2 Å². The topological polar surface area (TPSA) is 12.9 Å². The minimum absolute atomic E-state index is 0.186. The molecule has 0 fully saturated rings. The summed E-state index contributed by atoms with van der Waals surface area (Å²) in [6, 6.07) is 8.36. The van der Waals surface area contributed by atoms with Gasteiger partial charge in [-0.25, -0.2) is 4.39 Å². The van der Waals surface area contributed by atoms with Crippen LogP contribution in [-0.2, 0) is 5.67 Å². The summed E-state index contributed by atoms with van der Waals surface area (Å²) >= 11 is 0. The van der Waals surface area contributed by atoms with E-state index in [1.165, 1.54) is 24.3 Å². The van der Waals surface area contributed by atoms with Crippen LogP contribution in [0.25, 0.3) is 11.3 Å². The second-order valence-electron chi connectivity index (χ2n) is 4.45. The molecule has 1 nitrogen and oxygen atoms in total. The lowest BCUT2D eigenvalue weighted by atomic mass is 9.93. The monoisotopic (exact) mass is 323 g/mol. The Morgan fingerprint density at radius 3 is 1.77 bits per heavy atom. The number of halogens is 7. The first kappa shape index (κ1) is 16.3. The van der Waals surface area contributed by atoms with Crippen LogP contribution in [0.15, 0.2) is 48.7 Å². The Labute approximate surface area is 120 Å². The SMILES string of the molecule is FC(F)(F)C(F)(c1ccnc(-c2ccccc2)c1)C(F)(F)F. The molecule has 0 aliphatic rings. The first-order valence-electron chi connectivity index (χ1n) is 5.91. The molecule has 8 heteroatoms. The largest absolute Gasteiger partial charge is 0.435 e. The Morgan fingerprint density at radius 1 is 0.727 bits per heavy atom. The maximum absolute atomic E-state index is 14.0. The Hall–Kier alpha value is -2.12. The average Bonchev–Trinajstić information content (AvgIpc) is 2.45. The Kier molecular flexibility index (Phi) is 3.88. The fraction of sp³-hybridized carbons (Fsp3) is 0.214. The molecule has 22 heavy (non-hydrogen) atoms. The van der Waals surface area contributed by atoms with Crippen LogP contribution in [0.5, 0.6) is 0 Å². The van der Waals surface area contributed by atoms with Crippen molar-refractivity contribution in [3.8, 4) is 11.3 Å². The zero-order valence-electron chi connectivity index (χ0n) is 10.7. The fourth-order valence-corrected chi connectivity index (χ4v) is 1.90. The number of nitrogens with zero attached hydrogens (tertiary/aromatic N) is 1. The summed E-state index contributed by atoms with van der Waals surface area (Å²) in [6.07, 6.45) is -11.6. The van der Waals surface area contributed by atoms with Crippen molar-refractivity contribution in [2.45, 2.75) is 18.0 Å². The summed E-state index contributed by atoms with van der Waals surface area (Å²) in [5, 5.41) is 0. The van der Waals surface area contributed by atoms with E-state index in [1.54, 1.807) is 6.07 Å². The van der Waals surface area contributed by atoms with E-state index in [0.717, 1.165) is 0 Å². The van der Waals surface area contributed by atoms with E-state index in [2.05, 4.69) is 4.98 Å². The van der Waals surface area contributed by atoms with Gasteiger partial charge in [0.05, 0.1) is 5.69 Å². The van der Waals surface area contributed by atoms with Crippen LogP contribution in [0.2, 0.25) is 0 Å². The molecule has 0 aliphatic heterocycles. The van der Waals surface area contributed by atoms with Gasteiger partial charge in [0.2, 0.25) is 0 Å². The van der Waals surface area contributed by atoms with Crippen LogP contribution in [0, 0.1) is 0 Å². The molecule has 0 radical (unpaired) electrons. The van der Waals surface area contributed by atoms with Gasteiger partial charge in [0.25, 0.3) is 0 Å². The molecule has 1 heterocycles. The summed E-state index contributed by atoms with van der Waals surface area (Å²) in [5.41, 5.74) is -6.92. The molecule has 0 unspecified atom stereocenters. The Balaban J connectivity index is 2.61. The van der Waals surface area contributed by atoms with Gasteiger partial charge in [0.15, 0.2) is 0 Å². The Bertz CT molecular complexity index is 632. The van der Waals surface area contributed by atoms with Gasteiger partial charge in [-0.1, -0.05) is 30.3 Å². The number of pyridine rings is 1. The first-order chi connectivity index (χ1) is 10.1. The van der Waals surface area contributed by atoms with E-state index >= 15 is 0 Å². The van der Waals surface area contributed by atoms with Crippen molar-refractivity contribution in [1.29, 1.82) is 0 Å². The zero-order valence-corrected chi connectivity index (χ0v) is 10.7. The molecule has 0 saturated heterocycles. The average molecular weight is 323 g/mol. The highest BCUT2D eigenvalue weighted by molar-refractivity contribution is 5.60. The molecule has 0 bridgehead atoms. The van der Waals surface area contributed by atoms with Gasteiger partial charge < -0.3 is 0 Å². The zero-order chi connectivity index (χ0) is 16.6. The molecule has 118 valence electrons. The van der Waals surface area contributed by atoms with Crippen molar-refractivity contribution in [2.24, 2.45) is 0 Å². The van der Waals surface area contributed by atoms with Gasteiger partial charge in [-0.15, -0.1) is 0 Å². The van der Waals surface area contributed by atoms with Crippen LogP contribution in [0.3, 0.4) is 0 Å². The van der Waals surface area contributed by atoms with E-state index in [9.17, 15) is 30.7 Å². The number of aromatic nitrogens is 1. The summed E-state index contributed by atoms with van der Waals surface area (Å²) in [4.78, 5) is 3.69. The quantitative estimate of drug-likeness (QED) is 0.706. The third kappa shape index (κ3) is 2.65. The molecule has 0 atom stereocenters. The van der Waals surface area contributed by atoms with Gasteiger partial charge in [0.1, 0.15) is 0 Å². The molecule has 0 aliphatic carbocycles. The highest BCUT2D eigenvalue weighted by Crippen LogP contribution is 2.53. The minimum atomic E-state index is -6.14. The number of rotatable bonds is 2. The van der Waals surface area contributed by atoms with Crippen LogP contribution < -0.4 is 0 Å². The molecule has 0 amide bonds. The van der Waals surface area contributed by atoms with Crippen LogP contribution in [-0.4, -0.2) is 17.3 Å². The molecule has 2 aromatic rings. The minimum Gasteiger partial charge on any atom is -0.256 e. The normalized spacial score (nSPS) is 13.2. The van der Waals surface area contributed by atoms with Gasteiger partial charge >= 0.3 is 18.0 Å². The van der Waals surface area contributed by atoms with Crippen molar-refractivity contribution in [2.75, 3.05) is 0 Å². The smallest absolute Gasteiger partial charge is 0.256 e. The lowest BCUT2D eigenvalue weighted by Gasteiger charge is -2.30. The number of hydrogen-bond acceptors (Lipinski definition) is 1. The second-order valence-corrected chi connectivity index (χ2v) is 4.45. The van der Waals surface area contributed by atoms with E-state index in [-0.39, 0.29) is 11.3 Å². The second kappa shape index (κ2) is 5.26. The predicted octanol–water partition coefficient (Wildman–Crippen LogP) is 5.04. The van der Waals surface area contributed by atoms with Gasteiger partial charge in [-0.05, 0) is 12.1 Å². The predicted molar refractivity (Wildman–Crippen MR) is 64.6 cm³/mol. The molecular weight excluding hydrogens is 315 g/mol. The van der Waals surface area contributed by atoms with Gasteiger partial charge in [-0.2, -0.15) is 26.3 Å². The van der Waals surface area contributed by atoms with E-state index in [1.807, 2.05) is 0 Å². The standard InChI is InChI=1S/C14H8F7N/c15-12(13(16,17)18,14(19,20)21)10-6-7-22-11(8-10)9-4-2-1-3-5-9/h1-8H. The molecule has 0 N–H and O–H groups in total. The maximum atomic E-state index is 14.0. The van der Waals surface area contributed by atoms with Gasteiger partial charge in [0, 0.05) is 17.3 Å². The van der Waals surface area contributed by atoms with Crippen LogP contribution in [0.1, 0.15) is 5.56 Å². The molecular formula is C14H8F7N. The molecule has 0 spiro atoms. The van der Waals surface area contributed by atoms with Crippen molar-refractivity contribution in [1.82, 2.24) is 4.98 Å². The van der Waals surface area contributed by atoms with Crippen LogP contribution in [0.4, 0.5) is 30.7 Å². The fourth-order valence-electron chi connectivity index (χ4n) is 1.90. The summed E-state index contributed by atoms with van der Waals surface area (Å²) < 4.78 is 90.2. The third-order valence-corrected chi connectivity index (χ3v) is 3.01. The third-order valence-electron chi connectivity index (χ3n) is 3.01. The highest BCUT2D eigenvalue weighted by Gasteiger charge is 2.73. The molecule has 1 aromatic carbocycles. The highest BCUT2D eigenvalue weighted by atomic mass is 19.4. The first-order valence-corrected chi connectivity index (χ1v) is 5.91. The van der Waals surface area contributed by atoms with E-state index in [0.29, 0.717) is 18.3 Å². The molecule has 1 aromatic heterocycles. The summed E-state index contributed by atoms with van der Waals surface area (Å²) in [6.45, 7) is 0. The van der Waals surface area contributed by atoms with Crippen LogP contribution >= 0.6 is 0 Å². The van der Waals surface area contributed by atoms with E-state index < -0.39 is 23.6 Å². The lowest BCUT2D eigenvalue weighted by Crippen LogP contribution is -2.50.